The number of amides is 1. The highest BCUT2D eigenvalue weighted by molar-refractivity contribution is 6.46. The quantitative estimate of drug-likeness (QED) is 0.592. The van der Waals surface area contributed by atoms with E-state index in [4.69, 9.17) is 28.3 Å². The molecule has 0 unspecified atom stereocenters. The van der Waals surface area contributed by atoms with Gasteiger partial charge in [0.05, 0.1) is 32.8 Å². The number of nitrogens with one attached hydrogen (secondary N) is 3. The van der Waals surface area contributed by atoms with E-state index in [0.29, 0.717) is 27.3 Å². The van der Waals surface area contributed by atoms with Crippen molar-refractivity contribution in [1.82, 2.24) is 20.4 Å². The molecule has 0 saturated heterocycles. The number of nitrogens with zero attached hydrogens (tertiary/aromatic N) is 2. The molecular formula is C12H9Cl2N5O2. The monoisotopic (exact) mass is 325 g/mol. The molecule has 21 heavy (non-hydrogen) atoms. The van der Waals surface area contributed by atoms with E-state index in [2.05, 4.69) is 25.7 Å². The van der Waals surface area contributed by atoms with Crippen LogP contribution in [0.15, 0.2) is 18.5 Å². The van der Waals surface area contributed by atoms with Gasteiger partial charge in [0.15, 0.2) is 0 Å². The molecule has 3 aromatic rings. The molecule has 4 N–H and O–H groups in total. The van der Waals surface area contributed by atoms with Crippen molar-refractivity contribution in [2.75, 3.05) is 11.9 Å². The highest BCUT2D eigenvalue weighted by atomic mass is 35.5. The van der Waals surface area contributed by atoms with Crippen LogP contribution in [0.4, 0.5) is 5.69 Å². The third-order valence-corrected chi connectivity index (χ3v) is 3.71. The van der Waals surface area contributed by atoms with Crippen molar-refractivity contribution in [1.29, 1.82) is 0 Å². The number of aliphatic hydroxyl groups is 1. The molecule has 108 valence electrons. The minimum atomic E-state index is -0.638. The molecule has 0 fully saturated rings. The summed E-state index contributed by atoms with van der Waals surface area (Å²) in [7, 11) is 0. The molecule has 0 atom stereocenters. The lowest BCUT2D eigenvalue weighted by Crippen LogP contribution is -2.15. The minimum Gasteiger partial charge on any atom is -0.387 e. The van der Waals surface area contributed by atoms with E-state index >= 15 is 0 Å². The van der Waals surface area contributed by atoms with Gasteiger partial charge in [0.2, 0.25) is 5.91 Å². The number of benzene rings is 1. The van der Waals surface area contributed by atoms with Crippen molar-refractivity contribution in [2.24, 2.45) is 0 Å². The Balaban J connectivity index is 2.27. The van der Waals surface area contributed by atoms with E-state index in [-0.39, 0.29) is 5.02 Å². The second-order valence-electron chi connectivity index (χ2n) is 4.24. The molecule has 0 aliphatic heterocycles. The van der Waals surface area contributed by atoms with Gasteiger partial charge >= 0.3 is 0 Å². The summed E-state index contributed by atoms with van der Waals surface area (Å²) in [5.74, 6) is -0.561. The first-order chi connectivity index (χ1) is 10.1. The van der Waals surface area contributed by atoms with Gasteiger partial charge in [0, 0.05) is 11.8 Å². The molecule has 1 amide bonds. The zero-order chi connectivity index (χ0) is 15.0. The molecule has 0 saturated carbocycles. The van der Waals surface area contributed by atoms with Gasteiger partial charge in [-0.25, -0.2) is 0 Å². The molecule has 9 heteroatoms. The summed E-state index contributed by atoms with van der Waals surface area (Å²) < 4.78 is 0. The van der Waals surface area contributed by atoms with Gasteiger partial charge in [-0.05, 0) is 6.07 Å². The lowest BCUT2D eigenvalue weighted by atomic mass is 10.1. The van der Waals surface area contributed by atoms with Crippen molar-refractivity contribution in [3.05, 3.63) is 28.5 Å². The summed E-state index contributed by atoms with van der Waals surface area (Å²) in [6.07, 6.45) is 3.26. The van der Waals surface area contributed by atoms with Crippen LogP contribution in [0.2, 0.25) is 10.0 Å². The number of rotatable bonds is 3. The van der Waals surface area contributed by atoms with E-state index < -0.39 is 12.5 Å². The molecule has 0 bridgehead atoms. The third-order valence-electron chi connectivity index (χ3n) is 2.93. The van der Waals surface area contributed by atoms with Crippen LogP contribution >= 0.6 is 23.2 Å². The van der Waals surface area contributed by atoms with Crippen LogP contribution in [0.3, 0.4) is 0 Å². The van der Waals surface area contributed by atoms with Crippen molar-refractivity contribution in [3.8, 4) is 11.3 Å². The summed E-state index contributed by atoms with van der Waals surface area (Å²) in [4.78, 5) is 11.5. The largest absolute Gasteiger partial charge is 0.387 e. The first kappa shape index (κ1) is 13.9. The molecule has 7 nitrogen and oxygen atoms in total. The standard InChI is InChI=1S/C12H9Cl2N5O2/c13-6-1-7(17-8(21)4-20)9-11(5-2-15-16-3-5)18-19-12(9)10(6)14/h1-3,20H,4H2,(H,15,16)(H,17,21)(H,18,19). The molecule has 0 radical (unpaired) electrons. The molecule has 3 rings (SSSR count). The van der Waals surface area contributed by atoms with Crippen LogP contribution in [0.5, 0.6) is 0 Å². The first-order valence-electron chi connectivity index (χ1n) is 5.87. The SMILES string of the molecule is O=C(CO)Nc1cc(Cl)c(Cl)c2[nH]nc(-c3cn[nH]c3)c12. The number of aromatic nitrogens is 4. The normalized spacial score (nSPS) is 11.0. The van der Waals surface area contributed by atoms with Crippen LogP contribution in [0, 0.1) is 0 Å². The predicted molar refractivity (Wildman–Crippen MR) is 79.4 cm³/mol. The molecular weight excluding hydrogens is 317 g/mol. The Morgan fingerprint density at radius 1 is 1.43 bits per heavy atom. The highest BCUT2D eigenvalue weighted by Crippen LogP contribution is 2.39. The Bertz CT molecular complexity index is 813. The maximum absolute atomic E-state index is 11.5. The van der Waals surface area contributed by atoms with Gasteiger partial charge in [-0.1, -0.05) is 23.2 Å². The smallest absolute Gasteiger partial charge is 0.250 e. The molecule has 0 aliphatic carbocycles. The fraction of sp³-hybridized carbons (Fsp3) is 0.0833. The number of halogens is 2. The number of aromatic amines is 2. The van der Waals surface area contributed by atoms with E-state index in [9.17, 15) is 4.79 Å². The fourth-order valence-electron chi connectivity index (χ4n) is 2.02. The van der Waals surface area contributed by atoms with Crippen LogP contribution in [0.25, 0.3) is 22.2 Å². The summed E-state index contributed by atoms with van der Waals surface area (Å²) >= 11 is 12.2. The zero-order valence-electron chi connectivity index (χ0n) is 10.4. The van der Waals surface area contributed by atoms with Gasteiger partial charge in [-0.2, -0.15) is 10.2 Å². The Kier molecular flexibility index (Phi) is 3.54. The minimum absolute atomic E-state index is 0.264. The lowest BCUT2D eigenvalue weighted by Gasteiger charge is -2.08. The molecule has 2 heterocycles. The van der Waals surface area contributed by atoms with Gasteiger partial charge < -0.3 is 10.4 Å². The molecule has 0 aliphatic rings. The number of carbonyl (C=O) groups excluding carboxylic acids is 1. The Labute approximate surface area is 128 Å². The van der Waals surface area contributed by atoms with E-state index in [1.807, 2.05) is 0 Å². The molecule has 0 spiro atoms. The van der Waals surface area contributed by atoms with Crippen LogP contribution in [-0.4, -0.2) is 38.0 Å². The third kappa shape index (κ3) is 2.35. The average molecular weight is 326 g/mol. The summed E-state index contributed by atoms with van der Waals surface area (Å²) in [5, 5.41) is 26.2. The number of carbonyl (C=O) groups is 1. The van der Waals surface area contributed by atoms with Gasteiger partial charge in [-0.3, -0.25) is 15.0 Å². The van der Waals surface area contributed by atoms with Crippen LogP contribution in [-0.2, 0) is 4.79 Å². The van der Waals surface area contributed by atoms with E-state index in [1.165, 1.54) is 6.07 Å². The number of aliphatic hydroxyl groups excluding tert-OH is 1. The second-order valence-corrected chi connectivity index (χ2v) is 5.02. The molecule has 2 aromatic heterocycles. The predicted octanol–water partition coefficient (Wildman–Crippen LogP) is 2.19. The van der Waals surface area contributed by atoms with Crippen LogP contribution < -0.4 is 5.32 Å². The average Bonchev–Trinajstić information content (AvgIpc) is 3.12. The number of H-pyrrole nitrogens is 2. The maximum Gasteiger partial charge on any atom is 0.250 e. The number of fused-ring (bicyclic) bond motifs is 1. The number of hydrogen-bond acceptors (Lipinski definition) is 4. The Morgan fingerprint density at radius 3 is 2.90 bits per heavy atom. The highest BCUT2D eigenvalue weighted by Gasteiger charge is 2.19. The first-order valence-corrected chi connectivity index (χ1v) is 6.63. The summed E-state index contributed by atoms with van der Waals surface area (Å²) in [6, 6.07) is 1.51. The Morgan fingerprint density at radius 2 is 2.24 bits per heavy atom. The lowest BCUT2D eigenvalue weighted by molar-refractivity contribution is -0.118. The van der Waals surface area contributed by atoms with Crippen molar-refractivity contribution in [3.63, 3.8) is 0 Å². The van der Waals surface area contributed by atoms with Crippen LogP contribution in [0.1, 0.15) is 0 Å². The van der Waals surface area contributed by atoms with Gasteiger partial charge in [0.1, 0.15) is 12.3 Å². The maximum atomic E-state index is 11.5. The second kappa shape index (κ2) is 5.36. The van der Waals surface area contributed by atoms with Gasteiger partial charge in [0.25, 0.3) is 0 Å². The Hall–Kier alpha value is -2.09. The van der Waals surface area contributed by atoms with E-state index in [1.54, 1.807) is 12.4 Å². The fourth-order valence-corrected chi connectivity index (χ4v) is 2.42. The van der Waals surface area contributed by atoms with Crippen molar-refractivity contribution >= 4 is 45.7 Å². The van der Waals surface area contributed by atoms with Gasteiger partial charge in [-0.15, -0.1) is 0 Å². The topological polar surface area (TPSA) is 107 Å². The molecule has 1 aromatic carbocycles. The number of hydrogen-bond donors (Lipinski definition) is 4. The summed E-state index contributed by atoms with van der Waals surface area (Å²) in [5.41, 5.74) is 2.18. The summed E-state index contributed by atoms with van der Waals surface area (Å²) in [6.45, 7) is -0.638. The zero-order valence-corrected chi connectivity index (χ0v) is 12.0. The van der Waals surface area contributed by atoms with Crippen molar-refractivity contribution in [2.45, 2.75) is 0 Å². The van der Waals surface area contributed by atoms with E-state index in [0.717, 1.165) is 5.56 Å². The van der Waals surface area contributed by atoms with Crippen molar-refractivity contribution < 1.29 is 9.90 Å². The number of anilines is 1.